The predicted octanol–water partition coefficient (Wildman–Crippen LogP) is 5.60. The summed E-state index contributed by atoms with van der Waals surface area (Å²) >= 11 is 0. The zero-order chi connectivity index (χ0) is 27.7. The third-order valence-corrected chi connectivity index (χ3v) is 7.16. The molecule has 0 saturated heterocycles. The van der Waals surface area contributed by atoms with E-state index in [4.69, 9.17) is 14.2 Å². The maximum atomic E-state index is 13.8. The summed E-state index contributed by atoms with van der Waals surface area (Å²) in [5.74, 6) is 2.08. The highest BCUT2D eigenvalue weighted by Gasteiger charge is 2.42. The fourth-order valence-electron chi connectivity index (χ4n) is 5.42. The highest BCUT2D eigenvalue weighted by atomic mass is 16.5. The molecule has 0 radical (unpaired) electrons. The molecule has 1 aromatic heterocycles. The third kappa shape index (κ3) is 4.78. The summed E-state index contributed by atoms with van der Waals surface area (Å²) < 4.78 is 16.5. The van der Waals surface area contributed by atoms with E-state index >= 15 is 0 Å². The first-order chi connectivity index (χ1) is 18.9. The Morgan fingerprint density at radius 1 is 1.00 bits per heavy atom. The van der Waals surface area contributed by atoms with Crippen LogP contribution in [0.15, 0.2) is 54.6 Å². The quantitative estimate of drug-likeness (QED) is 0.294. The number of carbonyl (C=O) groups is 1. The maximum Gasteiger partial charge on any atom is 0.273 e. The van der Waals surface area contributed by atoms with Gasteiger partial charge in [-0.15, -0.1) is 0 Å². The number of ether oxygens (including phenoxy) is 3. The van der Waals surface area contributed by atoms with Crippen molar-refractivity contribution in [2.24, 2.45) is 0 Å². The van der Waals surface area contributed by atoms with Crippen LogP contribution in [0.4, 0.5) is 0 Å². The number of aryl methyl sites for hydroxylation is 2. The molecule has 1 amide bonds. The fourth-order valence-corrected chi connectivity index (χ4v) is 5.42. The van der Waals surface area contributed by atoms with Gasteiger partial charge in [-0.2, -0.15) is 5.10 Å². The van der Waals surface area contributed by atoms with E-state index in [1.165, 1.54) is 0 Å². The summed E-state index contributed by atoms with van der Waals surface area (Å²) in [5, 5.41) is 18.4. The van der Waals surface area contributed by atoms with Gasteiger partial charge in [-0.25, -0.2) is 0 Å². The van der Waals surface area contributed by atoms with Crippen molar-refractivity contribution in [2.45, 2.75) is 33.2 Å². The second kappa shape index (κ2) is 10.7. The number of aromatic nitrogens is 2. The van der Waals surface area contributed by atoms with E-state index in [0.717, 1.165) is 33.6 Å². The summed E-state index contributed by atoms with van der Waals surface area (Å²) in [7, 11) is 3.21. The molecular formula is C31H33N3O5. The minimum absolute atomic E-state index is 0.132. The number of amides is 1. The molecule has 0 fully saturated rings. The van der Waals surface area contributed by atoms with Crippen LogP contribution in [0.3, 0.4) is 0 Å². The fraction of sp³-hybridized carbons (Fsp3) is 0.290. The first-order valence-electron chi connectivity index (χ1n) is 13.0. The lowest BCUT2D eigenvalue weighted by molar-refractivity contribution is 0.0746. The van der Waals surface area contributed by atoms with Crippen LogP contribution >= 0.6 is 0 Å². The molecule has 3 aromatic carbocycles. The van der Waals surface area contributed by atoms with Gasteiger partial charge >= 0.3 is 0 Å². The van der Waals surface area contributed by atoms with Crippen molar-refractivity contribution < 1.29 is 24.1 Å². The maximum absolute atomic E-state index is 13.8. The molecule has 8 heteroatoms. The van der Waals surface area contributed by atoms with E-state index in [-0.39, 0.29) is 11.7 Å². The highest BCUT2D eigenvalue weighted by Crippen LogP contribution is 2.46. The number of phenols is 1. The summed E-state index contributed by atoms with van der Waals surface area (Å²) in [6.07, 6.45) is 0.613. The molecule has 39 heavy (non-hydrogen) atoms. The van der Waals surface area contributed by atoms with Gasteiger partial charge in [0, 0.05) is 17.7 Å². The third-order valence-electron chi connectivity index (χ3n) is 7.16. The Bertz CT molecular complexity index is 1490. The zero-order valence-corrected chi connectivity index (χ0v) is 22.9. The number of hydrogen-bond acceptors (Lipinski definition) is 6. The van der Waals surface area contributed by atoms with E-state index in [1.54, 1.807) is 20.3 Å². The predicted molar refractivity (Wildman–Crippen MR) is 149 cm³/mol. The van der Waals surface area contributed by atoms with Gasteiger partial charge in [0.05, 0.1) is 26.9 Å². The Balaban J connectivity index is 1.56. The van der Waals surface area contributed by atoms with E-state index in [0.29, 0.717) is 48.0 Å². The van der Waals surface area contributed by atoms with Crippen molar-refractivity contribution in [3.05, 3.63) is 88.1 Å². The highest BCUT2D eigenvalue weighted by molar-refractivity contribution is 6.00. The number of aromatic hydroxyl groups is 1. The second-order valence-corrected chi connectivity index (χ2v) is 9.68. The van der Waals surface area contributed by atoms with E-state index in [1.807, 2.05) is 74.2 Å². The molecule has 0 bridgehead atoms. The number of phenolic OH excluding ortho intramolecular Hbond substituents is 1. The molecule has 1 unspecified atom stereocenters. The van der Waals surface area contributed by atoms with Gasteiger partial charge in [0.25, 0.3) is 5.91 Å². The Morgan fingerprint density at radius 2 is 1.74 bits per heavy atom. The van der Waals surface area contributed by atoms with Gasteiger partial charge in [-0.1, -0.05) is 24.3 Å². The number of fused-ring (bicyclic) bond motifs is 1. The molecule has 4 aromatic rings. The van der Waals surface area contributed by atoms with Crippen molar-refractivity contribution in [1.82, 2.24) is 15.1 Å². The van der Waals surface area contributed by atoms with Crippen molar-refractivity contribution in [3.8, 4) is 34.3 Å². The van der Waals surface area contributed by atoms with Gasteiger partial charge in [0.1, 0.15) is 22.9 Å². The summed E-state index contributed by atoms with van der Waals surface area (Å²) in [6.45, 7) is 6.86. The number of nitrogens with one attached hydrogen (secondary N) is 1. The number of rotatable bonds is 9. The van der Waals surface area contributed by atoms with E-state index in [9.17, 15) is 9.90 Å². The van der Waals surface area contributed by atoms with Crippen LogP contribution in [0.5, 0.6) is 23.0 Å². The van der Waals surface area contributed by atoms with Crippen LogP contribution in [-0.4, -0.2) is 53.5 Å². The molecule has 1 aliphatic rings. The summed E-state index contributed by atoms with van der Waals surface area (Å²) in [4.78, 5) is 15.6. The number of hydrogen-bond donors (Lipinski definition) is 2. The topological polar surface area (TPSA) is 96.9 Å². The molecule has 2 heterocycles. The van der Waals surface area contributed by atoms with E-state index in [2.05, 4.69) is 10.2 Å². The van der Waals surface area contributed by atoms with Crippen molar-refractivity contribution in [3.63, 3.8) is 0 Å². The lowest BCUT2D eigenvalue weighted by atomic mass is 9.93. The number of aromatic amines is 1. The largest absolute Gasteiger partial charge is 0.507 e. The second-order valence-electron chi connectivity index (χ2n) is 9.68. The lowest BCUT2D eigenvalue weighted by Gasteiger charge is -2.27. The first kappa shape index (κ1) is 26.2. The average Bonchev–Trinajstić information content (AvgIpc) is 3.46. The molecular weight excluding hydrogens is 494 g/mol. The Hall–Kier alpha value is -4.46. The normalized spacial score (nSPS) is 14.4. The molecule has 5 rings (SSSR count). The lowest BCUT2D eigenvalue weighted by Crippen LogP contribution is -2.31. The summed E-state index contributed by atoms with van der Waals surface area (Å²) in [6, 6.07) is 16.9. The Morgan fingerprint density at radius 3 is 2.41 bits per heavy atom. The minimum Gasteiger partial charge on any atom is -0.507 e. The van der Waals surface area contributed by atoms with Gasteiger partial charge in [0.2, 0.25) is 0 Å². The molecule has 1 atom stereocenters. The summed E-state index contributed by atoms with van der Waals surface area (Å²) in [5.41, 5.74) is 6.22. The number of methoxy groups -OCH3 is 2. The minimum atomic E-state index is -0.392. The number of H-pyrrole nitrogens is 1. The molecule has 8 nitrogen and oxygen atoms in total. The number of carbonyl (C=O) groups excluding carboxylic acids is 1. The zero-order valence-electron chi connectivity index (χ0n) is 22.9. The van der Waals surface area contributed by atoms with Crippen LogP contribution in [-0.2, 0) is 6.42 Å². The van der Waals surface area contributed by atoms with Crippen LogP contribution in [0, 0.1) is 13.8 Å². The van der Waals surface area contributed by atoms with Gasteiger partial charge in [-0.05, 0) is 79.8 Å². The van der Waals surface area contributed by atoms with Crippen molar-refractivity contribution in [1.29, 1.82) is 0 Å². The van der Waals surface area contributed by atoms with Crippen molar-refractivity contribution in [2.75, 3.05) is 27.4 Å². The molecule has 0 aliphatic carbocycles. The van der Waals surface area contributed by atoms with Gasteiger partial charge < -0.3 is 24.2 Å². The molecule has 0 saturated carbocycles. The molecule has 2 N–H and O–H groups in total. The van der Waals surface area contributed by atoms with Gasteiger partial charge in [-0.3, -0.25) is 9.89 Å². The Kier molecular flexibility index (Phi) is 7.19. The van der Waals surface area contributed by atoms with Crippen LogP contribution < -0.4 is 14.2 Å². The smallest absolute Gasteiger partial charge is 0.273 e. The molecule has 202 valence electrons. The Labute approximate surface area is 228 Å². The average molecular weight is 528 g/mol. The monoisotopic (exact) mass is 527 g/mol. The van der Waals surface area contributed by atoms with Crippen molar-refractivity contribution >= 4 is 5.91 Å². The van der Waals surface area contributed by atoms with Crippen LogP contribution in [0.1, 0.15) is 51.3 Å². The standard InChI is InChI=1S/C31H33N3O5/c1-6-39-22-10-8-21(9-11-22)30-27-28(26-19(3)15-18(2)16-23(26)35)32-33-29(27)31(36)34(30)14-13-20-7-12-24(37-4)25(17-20)38-5/h7-12,15-17,30,35H,6,13-14H2,1-5H3,(H,32,33). The molecule has 1 aliphatic heterocycles. The van der Waals surface area contributed by atoms with Gasteiger partial charge in [0.15, 0.2) is 11.5 Å². The van der Waals surface area contributed by atoms with Crippen LogP contribution in [0.25, 0.3) is 11.3 Å². The number of nitrogens with zero attached hydrogens (tertiary/aromatic N) is 2. The van der Waals surface area contributed by atoms with Crippen LogP contribution in [0.2, 0.25) is 0 Å². The molecule has 0 spiro atoms. The first-order valence-corrected chi connectivity index (χ1v) is 13.0. The van der Waals surface area contributed by atoms with E-state index < -0.39 is 6.04 Å². The SMILES string of the molecule is CCOc1ccc(C2c3c(-c4c(C)cc(C)cc4O)n[nH]c3C(=O)N2CCc2ccc(OC)c(OC)c2)cc1. The number of benzene rings is 3.